The van der Waals surface area contributed by atoms with E-state index in [9.17, 15) is 27.5 Å². The van der Waals surface area contributed by atoms with E-state index in [1.54, 1.807) is 18.2 Å². The van der Waals surface area contributed by atoms with Crippen LogP contribution in [0.2, 0.25) is 0 Å². The summed E-state index contributed by atoms with van der Waals surface area (Å²) in [6, 6.07) is 6.31. The second-order valence-electron chi connectivity index (χ2n) is 10.2. The van der Waals surface area contributed by atoms with Crippen molar-refractivity contribution in [3.63, 3.8) is 0 Å². The molecule has 1 unspecified atom stereocenters. The number of piperidine rings is 1. The number of carboxylic acids is 1. The number of fused-ring (bicyclic) bond motifs is 1. The molecule has 0 radical (unpaired) electrons. The Kier molecular flexibility index (Phi) is 9.89. The van der Waals surface area contributed by atoms with Gasteiger partial charge in [0.2, 0.25) is 0 Å². The first-order valence-corrected chi connectivity index (χ1v) is 14.0. The summed E-state index contributed by atoms with van der Waals surface area (Å²) in [7, 11) is 1.49. The highest BCUT2D eigenvalue weighted by Gasteiger charge is 2.37. The zero-order chi connectivity index (χ0) is 28.9. The van der Waals surface area contributed by atoms with Gasteiger partial charge in [-0.1, -0.05) is 0 Å². The predicted molar refractivity (Wildman–Crippen MR) is 144 cm³/mol. The summed E-state index contributed by atoms with van der Waals surface area (Å²) in [6.07, 6.45) is 1.04. The molecule has 0 bridgehead atoms. The summed E-state index contributed by atoms with van der Waals surface area (Å²) in [5.41, 5.74) is 0.252. The van der Waals surface area contributed by atoms with Crippen LogP contribution in [0, 0.1) is 22.9 Å². The van der Waals surface area contributed by atoms with Crippen molar-refractivity contribution in [3.05, 3.63) is 65.1 Å². The minimum atomic E-state index is -1.52. The van der Waals surface area contributed by atoms with Crippen LogP contribution in [0.15, 0.2) is 41.4 Å². The largest absolute Gasteiger partial charge is 0.497 e. The summed E-state index contributed by atoms with van der Waals surface area (Å²) >= 11 is 0.959. The molecule has 0 saturated carbocycles. The molecule has 3 aromatic rings. The lowest BCUT2D eigenvalue weighted by atomic mass is 9.71. The fourth-order valence-electron chi connectivity index (χ4n) is 5.44. The number of carbonyl (C=O) groups is 1. The van der Waals surface area contributed by atoms with Gasteiger partial charge >= 0.3 is 5.97 Å². The van der Waals surface area contributed by atoms with Crippen LogP contribution in [0.5, 0.6) is 5.75 Å². The lowest BCUT2D eigenvalue weighted by Gasteiger charge is -2.41. The molecule has 1 N–H and O–H groups in total. The Morgan fingerprint density at radius 3 is 2.50 bits per heavy atom. The average Bonchev–Trinajstić information content (AvgIpc) is 2.92. The predicted octanol–water partition coefficient (Wildman–Crippen LogP) is 7.27. The molecule has 0 amide bonds. The van der Waals surface area contributed by atoms with Crippen molar-refractivity contribution in [2.45, 2.75) is 49.8 Å². The number of aliphatic carboxylic acids is 1. The Hall–Kier alpha value is -2.92. The Labute approximate surface area is 233 Å². The van der Waals surface area contributed by atoms with Gasteiger partial charge in [0.25, 0.3) is 0 Å². The number of pyridine rings is 1. The van der Waals surface area contributed by atoms with Crippen LogP contribution in [0.4, 0.5) is 22.0 Å². The number of carboxylic acid groups (broad SMARTS) is 1. The standard InChI is InChI=1S/C29H31F5N2O3S/c1-39-20-2-3-25-21(14-20)27(18(16-30)17-35-25)22(32)4-5-29(15-26(37)38)6-8-36(9-7-29)10-11-40-28-23(33)12-19(31)13-24(28)34/h2-3,12-14,17,22H,4-11,15-16H2,1H3,(H,37,38). The maximum atomic E-state index is 15.8. The fourth-order valence-corrected chi connectivity index (χ4v) is 6.39. The van der Waals surface area contributed by atoms with Crippen LogP contribution in [0.3, 0.4) is 0 Å². The monoisotopic (exact) mass is 582 g/mol. The van der Waals surface area contributed by atoms with Gasteiger partial charge in [-0.3, -0.25) is 9.78 Å². The summed E-state index contributed by atoms with van der Waals surface area (Å²) in [4.78, 5) is 17.8. The number of thioether (sulfide) groups is 1. The van der Waals surface area contributed by atoms with Gasteiger partial charge in [0.05, 0.1) is 23.9 Å². The van der Waals surface area contributed by atoms with Gasteiger partial charge in [-0.2, -0.15) is 0 Å². The van der Waals surface area contributed by atoms with E-state index in [-0.39, 0.29) is 28.9 Å². The zero-order valence-electron chi connectivity index (χ0n) is 22.1. The number of hydrogen-bond acceptors (Lipinski definition) is 5. The number of hydrogen-bond donors (Lipinski definition) is 1. The molecular weight excluding hydrogens is 551 g/mol. The second-order valence-corrected chi connectivity index (χ2v) is 11.3. The van der Waals surface area contributed by atoms with Gasteiger partial charge in [-0.15, -0.1) is 11.8 Å². The lowest BCUT2D eigenvalue weighted by molar-refractivity contribution is -0.141. The van der Waals surface area contributed by atoms with Gasteiger partial charge in [-0.25, -0.2) is 22.0 Å². The summed E-state index contributed by atoms with van der Waals surface area (Å²) in [5.74, 6) is -2.97. The number of nitrogens with zero attached hydrogens (tertiary/aromatic N) is 2. The van der Waals surface area contributed by atoms with Crippen LogP contribution in [0.25, 0.3) is 10.9 Å². The highest BCUT2D eigenvalue weighted by atomic mass is 32.2. The molecule has 1 atom stereocenters. The molecule has 2 aromatic carbocycles. The van der Waals surface area contributed by atoms with E-state index in [2.05, 4.69) is 9.88 Å². The summed E-state index contributed by atoms with van der Waals surface area (Å²) in [5, 5.41) is 10.1. The number of methoxy groups -OCH3 is 1. The summed E-state index contributed by atoms with van der Waals surface area (Å²) < 4.78 is 75.9. The van der Waals surface area contributed by atoms with Crippen LogP contribution in [-0.2, 0) is 11.5 Å². The highest BCUT2D eigenvalue weighted by molar-refractivity contribution is 7.99. The highest BCUT2D eigenvalue weighted by Crippen LogP contribution is 2.43. The summed E-state index contributed by atoms with van der Waals surface area (Å²) in [6.45, 7) is 0.712. The first kappa shape index (κ1) is 30.0. The van der Waals surface area contributed by atoms with Crippen molar-refractivity contribution >= 4 is 28.6 Å². The Bertz CT molecular complexity index is 1320. The number of benzene rings is 2. The van der Waals surface area contributed by atoms with Crippen LogP contribution >= 0.6 is 11.8 Å². The number of ether oxygens (including phenoxy) is 1. The maximum absolute atomic E-state index is 15.8. The normalized spacial score (nSPS) is 16.2. The zero-order valence-corrected chi connectivity index (χ0v) is 22.9. The van der Waals surface area contributed by atoms with Gasteiger partial charge in [0.15, 0.2) is 0 Å². The molecular formula is C29H31F5N2O3S. The van der Waals surface area contributed by atoms with E-state index in [1.807, 2.05) is 0 Å². The number of alkyl halides is 2. The minimum absolute atomic E-state index is 0.0234. The van der Waals surface area contributed by atoms with E-state index >= 15 is 4.39 Å². The van der Waals surface area contributed by atoms with E-state index in [4.69, 9.17) is 4.74 Å². The molecule has 2 heterocycles. The van der Waals surface area contributed by atoms with Crippen LogP contribution < -0.4 is 4.74 Å². The van der Waals surface area contributed by atoms with Gasteiger partial charge in [-0.05, 0) is 62.4 Å². The Balaban J connectivity index is 1.41. The van der Waals surface area contributed by atoms with Gasteiger partial charge in [0.1, 0.15) is 36.0 Å². The third-order valence-electron chi connectivity index (χ3n) is 7.64. The topological polar surface area (TPSA) is 62.7 Å². The first-order chi connectivity index (χ1) is 19.1. The third kappa shape index (κ3) is 7.04. The molecule has 0 spiro atoms. The van der Waals surface area contributed by atoms with Crippen molar-refractivity contribution in [2.75, 3.05) is 32.5 Å². The number of likely N-dealkylation sites (tertiary alicyclic amines) is 1. The van der Waals surface area contributed by atoms with E-state index in [1.165, 1.54) is 13.3 Å². The van der Waals surface area contributed by atoms with E-state index in [0.717, 1.165) is 11.8 Å². The quantitative estimate of drug-likeness (QED) is 0.179. The molecule has 11 heteroatoms. The molecule has 216 valence electrons. The molecule has 4 rings (SSSR count). The lowest BCUT2D eigenvalue weighted by Crippen LogP contribution is -2.42. The minimum Gasteiger partial charge on any atom is -0.497 e. The van der Waals surface area contributed by atoms with Crippen molar-refractivity contribution in [1.29, 1.82) is 0 Å². The van der Waals surface area contributed by atoms with Crippen molar-refractivity contribution < 1.29 is 36.6 Å². The smallest absolute Gasteiger partial charge is 0.303 e. The van der Waals surface area contributed by atoms with E-state index < -0.39 is 41.7 Å². The van der Waals surface area contributed by atoms with Crippen molar-refractivity contribution in [3.8, 4) is 5.75 Å². The molecule has 5 nitrogen and oxygen atoms in total. The molecule has 1 aliphatic rings. The molecule has 1 saturated heterocycles. The first-order valence-electron chi connectivity index (χ1n) is 13.0. The molecule has 1 fully saturated rings. The van der Waals surface area contributed by atoms with Crippen LogP contribution in [-0.4, -0.2) is 53.5 Å². The number of halogens is 5. The van der Waals surface area contributed by atoms with Crippen molar-refractivity contribution in [1.82, 2.24) is 9.88 Å². The van der Waals surface area contributed by atoms with E-state index in [0.29, 0.717) is 73.4 Å². The molecule has 0 aliphatic carbocycles. The van der Waals surface area contributed by atoms with Crippen LogP contribution in [0.1, 0.15) is 49.4 Å². The third-order valence-corrected chi connectivity index (χ3v) is 8.71. The molecule has 1 aromatic heterocycles. The average molecular weight is 583 g/mol. The fraction of sp³-hybridized carbons (Fsp3) is 0.448. The molecule has 40 heavy (non-hydrogen) atoms. The van der Waals surface area contributed by atoms with Gasteiger partial charge in [0, 0.05) is 47.1 Å². The van der Waals surface area contributed by atoms with Crippen molar-refractivity contribution in [2.24, 2.45) is 5.41 Å². The number of aromatic nitrogens is 1. The SMILES string of the molecule is COc1ccc2ncc(CF)c(C(F)CCC3(CC(=O)O)CCN(CCSc4c(F)cc(F)cc4F)CC3)c2c1. The molecule has 1 aliphatic heterocycles. The Morgan fingerprint density at radius 1 is 1.18 bits per heavy atom. The van der Waals surface area contributed by atoms with Gasteiger partial charge < -0.3 is 14.7 Å². The maximum Gasteiger partial charge on any atom is 0.303 e. The second kappa shape index (κ2) is 13.2. The Morgan fingerprint density at radius 2 is 1.88 bits per heavy atom. The number of rotatable bonds is 12.